The van der Waals surface area contributed by atoms with Gasteiger partial charge in [0.05, 0.1) is 10.2 Å². The number of aromatic nitrogens is 2. The SMILES string of the molecule is Cc1ccc2nc(NC(=O)c3csc(NC(=O)Nc4ccccc4)n3)sc2c1. The molecule has 0 saturated carbocycles. The molecular formula is C19H15N5O2S2. The summed E-state index contributed by atoms with van der Waals surface area (Å²) in [5.74, 6) is -0.372. The Labute approximate surface area is 168 Å². The Morgan fingerprint density at radius 1 is 0.929 bits per heavy atom. The molecule has 0 aliphatic heterocycles. The summed E-state index contributed by atoms with van der Waals surface area (Å²) >= 11 is 2.58. The molecule has 140 valence electrons. The Morgan fingerprint density at radius 3 is 2.57 bits per heavy atom. The van der Waals surface area contributed by atoms with E-state index in [1.807, 2.05) is 43.3 Å². The number of carbonyl (C=O) groups excluding carboxylic acids is 2. The van der Waals surface area contributed by atoms with Crippen LogP contribution in [0, 0.1) is 6.92 Å². The molecule has 9 heteroatoms. The van der Waals surface area contributed by atoms with Crippen molar-refractivity contribution in [1.29, 1.82) is 0 Å². The van der Waals surface area contributed by atoms with E-state index in [-0.39, 0.29) is 11.6 Å². The number of nitrogens with one attached hydrogen (secondary N) is 3. The summed E-state index contributed by atoms with van der Waals surface area (Å²) in [6, 6.07) is 14.6. The number of aryl methyl sites for hydroxylation is 1. The highest BCUT2D eigenvalue weighted by molar-refractivity contribution is 7.22. The molecule has 0 aliphatic carbocycles. The average Bonchev–Trinajstić information content (AvgIpc) is 3.28. The minimum Gasteiger partial charge on any atom is -0.308 e. The fourth-order valence-electron chi connectivity index (χ4n) is 2.46. The number of urea groups is 1. The molecule has 2 heterocycles. The maximum Gasteiger partial charge on any atom is 0.325 e. The summed E-state index contributed by atoms with van der Waals surface area (Å²) in [7, 11) is 0. The van der Waals surface area contributed by atoms with Crippen molar-refractivity contribution in [2.45, 2.75) is 6.92 Å². The van der Waals surface area contributed by atoms with E-state index >= 15 is 0 Å². The van der Waals surface area contributed by atoms with Crippen molar-refractivity contribution in [3.63, 3.8) is 0 Å². The number of fused-ring (bicyclic) bond motifs is 1. The summed E-state index contributed by atoms with van der Waals surface area (Å²) in [5.41, 5.74) is 2.86. The first-order valence-electron chi connectivity index (χ1n) is 8.34. The fraction of sp³-hybridized carbons (Fsp3) is 0.0526. The molecule has 4 rings (SSSR count). The van der Waals surface area contributed by atoms with Gasteiger partial charge in [0.25, 0.3) is 5.91 Å². The predicted octanol–water partition coefficient (Wildman–Crippen LogP) is 4.96. The first-order valence-corrected chi connectivity index (χ1v) is 10.0. The predicted molar refractivity (Wildman–Crippen MR) is 114 cm³/mol. The van der Waals surface area contributed by atoms with Gasteiger partial charge in [0.2, 0.25) is 0 Å². The van der Waals surface area contributed by atoms with E-state index in [0.717, 1.165) is 15.8 Å². The second kappa shape index (κ2) is 7.75. The maximum atomic E-state index is 12.4. The van der Waals surface area contributed by atoms with Gasteiger partial charge in [0.1, 0.15) is 5.69 Å². The second-order valence-electron chi connectivity index (χ2n) is 5.93. The van der Waals surface area contributed by atoms with Crippen LogP contribution in [0.2, 0.25) is 0 Å². The largest absolute Gasteiger partial charge is 0.325 e. The van der Waals surface area contributed by atoms with E-state index in [4.69, 9.17) is 0 Å². The Morgan fingerprint density at radius 2 is 1.75 bits per heavy atom. The average molecular weight is 409 g/mol. The van der Waals surface area contributed by atoms with Crippen molar-refractivity contribution in [1.82, 2.24) is 9.97 Å². The lowest BCUT2D eigenvalue weighted by Gasteiger charge is -2.04. The van der Waals surface area contributed by atoms with Gasteiger partial charge in [-0.05, 0) is 36.8 Å². The molecule has 0 aliphatic rings. The minimum atomic E-state index is -0.422. The van der Waals surface area contributed by atoms with Crippen molar-refractivity contribution >= 4 is 60.8 Å². The smallest absolute Gasteiger partial charge is 0.308 e. The van der Waals surface area contributed by atoms with E-state index in [1.54, 1.807) is 17.5 Å². The van der Waals surface area contributed by atoms with Gasteiger partial charge in [0.15, 0.2) is 10.3 Å². The molecule has 0 atom stereocenters. The number of nitrogens with zero attached hydrogens (tertiary/aromatic N) is 2. The summed E-state index contributed by atoms with van der Waals surface area (Å²) in [6.45, 7) is 2.01. The van der Waals surface area contributed by atoms with Gasteiger partial charge >= 0.3 is 6.03 Å². The highest BCUT2D eigenvalue weighted by Gasteiger charge is 2.15. The van der Waals surface area contributed by atoms with Crippen LogP contribution in [0.4, 0.5) is 20.7 Å². The van der Waals surface area contributed by atoms with Crippen LogP contribution in [0.1, 0.15) is 16.1 Å². The third-order valence-electron chi connectivity index (χ3n) is 3.75. The first kappa shape index (κ1) is 18.1. The molecule has 2 aromatic carbocycles. The molecule has 0 spiro atoms. The van der Waals surface area contributed by atoms with Gasteiger partial charge in [-0.15, -0.1) is 11.3 Å². The van der Waals surface area contributed by atoms with Crippen LogP contribution in [0.3, 0.4) is 0 Å². The molecular weight excluding hydrogens is 394 g/mol. The van der Waals surface area contributed by atoms with Crippen LogP contribution < -0.4 is 16.0 Å². The number of benzene rings is 2. The molecule has 4 aromatic rings. The van der Waals surface area contributed by atoms with Crippen molar-refractivity contribution < 1.29 is 9.59 Å². The topological polar surface area (TPSA) is 96.0 Å². The molecule has 7 nitrogen and oxygen atoms in total. The van der Waals surface area contributed by atoms with Gasteiger partial charge in [-0.1, -0.05) is 35.6 Å². The highest BCUT2D eigenvalue weighted by atomic mass is 32.1. The molecule has 0 radical (unpaired) electrons. The Kier molecular flexibility index (Phi) is 5.00. The Bertz CT molecular complexity index is 1150. The Hall–Kier alpha value is -3.30. The lowest BCUT2D eigenvalue weighted by molar-refractivity contribution is 0.102. The molecule has 0 saturated heterocycles. The van der Waals surface area contributed by atoms with E-state index in [9.17, 15) is 9.59 Å². The zero-order chi connectivity index (χ0) is 19.5. The van der Waals surface area contributed by atoms with E-state index in [2.05, 4.69) is 25.9 Å². The van der Waals surface area contributed by atoms with Crippen molar-refractivity contribution in [3.05, 3.63) is 65.2 Å². The molecule has 0 bridgehead atoms. The first-order chi connectivity index (χ1) is 13.6. The molecule has 3 amide bonds. The van der Waals surface area contributed by atoms with Gasteiger partial charge < -0.3 is 5.32 Å². The van der Waals surface area contributed by atoms with E-state index < -0.39 is 6.03 Å². The second-order valence-corrected chi connectivity index (χ2v) is 7.82. The lowest BCUT2D eigenvalue weighted by atomic mass is 10.2. The summed E-state index contributed by atoms with van der Waals surface area (Å²) < 4.78 is 1.01. The monoisotopic (exact) mass is 409 g/mol. The summed E-state index contributed by atoms with van der Waals surface area (Å²) in [6.07, 6.45) is 0. The number of hydrogen-bond acceptors (Lipinski definition) is 6. The van der Waals surface area contributed by atoms with Crippen molar-refractivity contribution in [3.8, 4) is 0 Å². The van der Waals surface area contributed by atoms with Crippen LogP contribution in [-0.4, -0.2) is 21.9 Å². The van der Waals surface area contributed by atoms with Gasteiger partial charge in [0, 0.05) is 11.1 Å². The zero-order valence-electron chi connectivity index (χ0n) is 14.7. The van der Waals surface area contributed by atoms with Crippen LogP contribution in [0.15, 0.2) is 53.9 Å². The quantitative estimate of drug-likeness (QED) is 0.444. The van der Waals surface area contributed by atoms with Gasteiger partial charge in [-0.2, -0.15) is 0 Å². The fourth-order valence-corrected chi connectivity index (χ4v) is 4.11. The van der Waals surface area contributed by atoms with Gasteiger partial charge in [-0.3, -0.25) is 15.4 Å². The third kappa shape index (κ3) is 4.16. The molecule has 0 unspecified atom stereocenters. The van der Waals surface area contributed by atoms with Crippen LogP contribution in [0.5, 0.6) is 0 Å². The van der Waals surface area contributed by atoms with Crippen molar-refractivity contribution in [2.24, 2.45) is 0 Å². The Balaban J connectivity index is 1.40. The summed E-state index contributed by atoms with van der Waals surface area (Å²) in [4.78, 5) is 33.0. The van der Waals surface area contributed by atoms with E-state index in [1.165, 1.54) is 22.7 Å². The number of rotatable bonds is 4. The third-order valence-corrected chi connectivity index (χ3v) is 5.44. The molecule has 3 N–H and O–H groups in total. The number of amides is 3. The number of para-hydroxylation sites is 1. The van der Waals surface area contributed by atoms with Crippen LogP contribution in [0.25, 0.3) is 10.2 Å². The zero-order valence-corrected chi connectivity index (χ0v) is 16.4. The molecule has 2 aromatic heterocycles. The van der Waals surface area contributed by atoms with Crippen LogP contribution >= 0.6 is 22.7 Å². The number of thiazole rings is 2. The summed E-state index contributed by atoms with van der Waals surface area (Å²) in [5, 5.41) is 10.5. The molecule has 28 heavy (non-hydrogen) atoms. The molecule has 0 fully saturated rings. The maximum absolute atomic E-state index is 12.4. The lowest BCUT2D eigenvalue weighted by Crippen LogP contribution is -2.19. The standard InChI is InChI=1S/C19H15N5O2S2/c1-11-7-8-13-15(9-11)28-19(21-13)23-16(25)14-10-27-18(22-14)24-17(26)20-12-5-3-2-4-6-12/h2-10H,1H3,(H,21,23,25)(H2,20,22,24,26). The number of anilines is 3. The minimum absolute atomic E-state index is 0.218. The van der Waals surface area contributed by atoms with Gasteiger partial charge in [-0.25, -0.2) is 14.8 Å². The van der Waals surface area contributed by atoms with Crippen LogP contribution in [-0.2, 0) is 0 Å². The normalized spacial score (nSPS) is 10.6. The highest BCUT2D eigenvalue weighted by Crippen LogP contribution is 2.27. The number of hydrogen-bond donors (Lipinski definition) is 3. The number of carbonyl (C=O) groups is 2. The van der Waals surface area contributed by atoms with Crippen molar-refractivity contribution in [2.75, 3.05) is 16.0 Å². The van der Waals surface area contributed by atoms with E-state index in [0.29, 0.717) is 16.0 Å².